The Morgan fingerprint density at radius 2 is 2.05 bits per heavy atom. The Balaban J connectivity index is 2.64. The Bertz CT molecular complexity index is 445. The van der Waals surface area contributed by atoms with Crippen molar-refractivity contribution < 1.29 is 14.7 Å². The van der Waals surface area contributed by atoms with E-state index in [1.165, 1.54) is 5.38 Å². The summed E-state index contributed by atoms with van der Waals surface area (Å²) in [5.41, 5.74) is -0.0716. The van der Waals surface area contributed by atoms with Crippen molar-refractivity contribution in [1.29, 1.82) is 0 Å². The van der Waals surface area contributed by atoms with Crippen molar-refractivity contribution in [2.45, 2.75) is 13.3 Å². The summed E-state index contributed by atoms with van der Waals surface area (Å²) in [5, 5.41) is 10.4. The Hall–Kier alpha value is -1.47. The third-order valence-corrected chi connectivity index (χ3v) is 3.44. The standard InChI is InChI=1S/C12H19N3O3S/c1-4-15(7-5-6-14(2)3)11(16)10-13-9(8-19-10)12(17)18/h8H,4-7H2,1-3H3,(H,17,18). The molecule has 0 saturated heterocycles. The molecule has 1 heterocycles. The Morgan fingerprint density at radius 3 is 2.53 bits per heavy atom. The van der Waals surface area contributed by atoms with Gasteiger partial charge in [-0.05, 0) is 34.0 Å². The van der Waals surface area contributed by atoms with Gasteiger partial charge >= 0.3 is 5.97 Å². The molecule has 0 saturated carbocycles. The summed E-state index contributed by atoms with van der Waals surface area (Å²) in [6.45, 7) is 4.05. The zero-order valence-corrected chi connectivity index (χ0v) is 12.2. The van der Waals surface area contributed by atoms with Gasteiger partial charge in [0.15, 0.2) is 10.7 Å². The molecular formula is C12H19N3O3S. The fourth-order valence-corrected chi connectivity index (χ4v) is 2.34. The van der Waals surface area contributed by atoms with Gasteiger partial charge in [0, 0.05) is 18.5 Å². The van der Waals surface area contributed by atoms with Crippen LogP contribution in [-0.4, -0.2) is 65.5 Å². The molecule has 1 N–H and O–H groups in total. The predicted molar refractivity (Wildman–Crippen MR) is 73.8 cm³/mol. The number of hydrogen-bond acceptors (Lipinski definition) is 5. The van der Waals surface area contributed by atoms with Crippen LogP contribution in [0.1, 0.15) is 33.6 Å². The van der Waals surface area contributed by atoms with Gasteiger partial charge < -0.3 is 14.9 Å². The second-order valence-electron chi connectivity index (χ2n) is 4.38. The van der Waals surface area contributed by atoms with Crippen LogP contribution >= 0.6 is 11.3 Å². The Morgan fingerprint density at radius 1 is 1.37 bits per heavy atom. The average molecular weight is 285 g/mol. The summed E-state index contributed by atoms with van der Waals surface area (Å²) in [6, 6.07) is 0. The molecule has 1 aromatic rings. The van der Waals surface area contributed by atoms with E-state index in [1.807, 2.05) is 21.0 Å². The summed E-state index contributed by atoms with van der Waals surface area (Å²) in [5.74, 6) is -1.30. The number of nitrogens with zero attached hydrogens (tertiary/aromatic N) is 3. The van der Waals surface area contributed by atoms with Crippen molar-refractivity contribution in [3.63, 3.8) is 0 Å². The zero-order valence-electron chi connectivity index (χ0n) is 11.4. The quantitative estimate of drug-likeness (QED) is 0.816. The summed E-state index contributed by atoms with van der Waals surface area (Å²) >= 11 is 1.08. The van der Waals surface area contributed by atoms with Crippen LogP contribution < -0.4 is 0 Å². The second-order valence-corrected chi connectivity index (χ2v) is 5.24. The minimum absolute atomic E-state index is 0.0716. The third-order valence-electron chi connectivity index (χ3n) is 2.61. The Labute approximate surface area is 116 Å². The van der Waals surface area contributed by atoms with Gasteiger partial charge in [-0.1, -0.05) is 0 Å². The highest BCUT2D eigenvalue weighted by Crippen LogP contribution is 2.13. The average Bonchev–Trinajstić information content (AvgIpc) is 2.83. The highest BCUT2D eigenvalue weighted by atomic mass is 32.1. The van der Waals surface area contributed by atoms with Crippen molar-refractivity contribution in [1.82, 2.24) is 14.8 Å². The van der Waals surface area contributed by atoms with Crippen LogP contribution in [0.3, 0.4) is 0 Å². The van der Waals surface area contributed by atoms with E-state index in [2.05, 4.69) is 9.88 Å². The van der Waals surface area contributed by atoms with Gasteiger partial charge in [-0.3, -0.25) is 4.79 Å². The van der Waals surface area contributed by atoms with Gasteiger partial charge in [-0.2, -0.15) is 0 Å². The number of carbonyl (C=O) groups excluding carboxylic acids is 1. The maximum Gasteiger partial charge on any atom is 0.355 e. The monoisotopic (exact) mass is 285 g/mol. The highest BCUT2D eigenvalue weighted by Gasteiger charge is 2.19. The summed E-state index contributed by atoms with van der Waals surface area (Å²) in [6.07, 6.45) is 0.879. The van der Waals surface area contributed by atoms with E-state index in [4.69, 9.17) is 5.11 Å². The summed E-state index contributed by atoms with van der Waals surface area (Å²) < 4.78 is 0. The molecule has 0 aliphatic heterocycles. The van der Waals surface area contributed by atoms with Gasteiger partial charge in [0.2, 0.25) is 0 Å². The Kier molecular flexibility index (Phi) is 5.91. The number of hydrogen-bond donors (Lipinski definition) is 1. The predicted octanol–water partition coefficient (Wildman–Crippen LogP) is 1.26. The number of carboxylic acids is 1. The summed E-state index contributed by atoms with van der Waals surface area (Å²) in [7, 11) is 3.97. The molecule has 1 aromatic heterocycles. The molecule has 0 aliphatic carbocycles. The van der Waals surface area contributed by atoms with Gasteiger partial charge in [0.25, 0.3) is 5.91 Å². The van der Waals surface area contributed by atoms with Crippen LogP contribution in [0.15, 0.2) is 5.38 Å². The maximum atomic E-state index is 12.2. The van der Waals surface area contributed by atoms with Crippen molar-refractivity contribution >= 4 is 23.2 Å². The van der Waals surface area contributed by atoms with Crippen LogP contribution in [0.4, 0.5) is 0 Å². The lowest BCUT2D eigenvalue weighted by Crippen LogP contribution is -2.33. The minimum atomic E-state index is -1.11. The first kappa shape index (κ1) is 15.6. The lowest BCUT2D eigenvalue weighted by atomic mass is 10.3. The lowest BCUT2D eigenvalue weighted by molar-refractivity contribution is 0.0691. The first-order chi connectivity index (χ1) is 8.95. The van der Waals surface area contributed by atoms with E-state index in [-0.39, 0.29) is 16.6 Å². The number of aromatic carboxylic acids is 1. The zero-order chi connectivity index (χ0) is 14.4. The van der Waals surface area contributed by atoms with E-state index in [0.717, 1.165) is 24.3 Å². The molecule has 19 heavy (non-hydrogen) atoms. The first-order valence-electron chi connectivity index (χ1n) is 6.08. The van der Waals surface area contributed by atoms with Crippen LogP contribution in [0.5, 0.6) is 0 Å². The van der Waals surface area contributed by atoms with Crippen molar-refractivity contribution in [2.75, 3.05) is 33.7 Å². The van der Waals surface area contributed by atoms with E-state index in [1.54, 1.807) is 4.90 Å². The number of carboxylic acid groups (broad SMARTS) is 1. The van der Waals surface area contributed by atoms with Gasteiger partial charge in [0.05, 0.1) is 0 Å². The van der Waals surface area contributed by atoms with Crippen LogP contribution in [-0.2, 0) is 0 Å². The van der Waals surface area contributed by atoms with Gasteiger partial charge in [0.1, 0.15) is 0 Å². The number of carbonyl (C=O) groups is 2. The highest BCUT2D eigenvalue weighted by molar-refractivity contribution is 7.11. The van der Waals surface area contributed by atoms with E-state index >= 15 is 0 Å². The molecule has 0 spiro atoms. The van der Waals surface area contributed by atoms with Crippen LogP contribution in [0.2, 0.25) is 0 Å². The largest absolute Gasteiger partial charge is 0.476 e. The van der Waals surface area contributed by atoms with E-state index in [0.29, 0.717) is 13.1 Å². The van der Waals surface area contributed by atoms with Crippen molar-refractivity contribution in [3.05, 3.63) is 16.1 Å². The lowest BCUT2D eigenvalue weighted by Gasteiger charge is -2.20. The first-order valence-corrected chi connectivity index (χ1v) is 6.96. The fraction of sp³-hybridized carbons (Fsp3) is 0.583. The molecule has 0 bridgehead atoms. The molecule has 0 aromatic carbocycles. The fourth-order valence-electron chi connectivity index (χ4n) is 1.59. The molecular weight excluding hydrogens is 266 g/mol. The van der Waals surface area contributed by atoms with Gasteiger partial charge in [-0.15, -0.1) is 11.3 Å². The van der Waals surface area contributed by atoms with E-state index < -0.39 is 5.97 Å². The molecule has 106 valence electrons. The number of rotatable bonds is 7. The molecule has 0 atom stereocenters. The SMILES string of the molecule is CCN(CCCN(C)C)C(=O)c1nc(C(=O)O)cs1. The molecule has 0 aliphatic rings. The molecule has 1 rings (SSSR count). The third kappa shape index (κ3) is 4.60. The number of amides is 1. The van der Waals surface area contributed by atoms with Crippen molar-refractivity contribution in [3.8, 4) is 0 Å². The van der Waals surface area contributed by atoms with E-state index in [9.17, 15) is 9.59 Å². The number of thiazole rings is 1. The molecule has 7 heteroatoms. The van der Waals surface area contributed by atoms with Gasteiger partial charge in [-0.25, -0.2) is 9.78 Å². The van der Waals surface area contributed by atoms with Crippen LogP contribution in [0, 0.1) is 0 Å². The topological polar surface area (TPSA) is 73.7 Å². The normalized spacial score (nSPS) is 10.7. The van der Waals surface area contributed by atoms with Crippen molar-refractivity contribution in [2.24, 2.45) is 0 Å². The summed E-state index contributed by atoms with van der Waals surface area (Å²) in [4.78, 5) is 30.5. The number of aromatic nitrogens is 1. The van der Waals surface area contributed by atoms with Crippen LogP contribution in [0.25, 0.3) is 0 Å². The molecule has 0 fully saturated rings. The maximum absolute atomic E-state index is 12.2. The molecule has 1 amide bonds. The minimum Gasteiger partial charge on any atom is -0.476 e. The smallest absolute Gasteiger partial charge is 0.355 e. The molecule has 6 nitrogen and oxygen atoms in total. The second kappa shape index (κ2) is 7.20. The molecule has 0 unspecified atom stereocenters. The molecule has 0 radical (unpaired) electrons.